The van der Waals surface area contributed by atoms with E-state index in [0.29, 0.717) is 5.69 Å². The molecule has 0 aliphatic heterocycles. The number of benzene rings is 1. The second kappa shape index (κ2) is 5.96. The van der Waals surface area contributed by atoms with E-state index in [1.54, 1.807) is 26.0 Å². The van der Waals surface area contributed by atoms with E-state index in [1.807, 2.05) is 0 Å². The molecular weight excluding hydrogens is 297 g/mol. The van der Waals surface area contributed by atoms with Crippen LogP contribution in [-0.2, 0) is 0 Å². The number of thiocarbonyl (C=S) groups is 1. The highest BCUT2D eigenvalue weighted by Gasteiger charge is 2.33. The first-order valence-electron chi connectivity index (χ1n) is 5.55. The number of anilines is 1. The summed E-state index contributed by atoms with van der Waals surface area (Å²) in [7, 11) is 0. The molecule has 1 aromatic rings. The summed E-state index contributed by atoms with van der Waals surface area (Å²) in [5.74, 6) is 0. The maximum absolute atomic E-state index is 12.6. The monoisotopic (exact) mass is 310 g/mol. The summed E-state index contributed by atoms with van der Waals surface area (Å²) in [6.45, 7) is 2.24. The van der Waals surface area contributed by atoms with Gasteiger partial charge in [0, 0.05) is 11.7 Å². The molecular formula is C12H14ClF3N2S. The van der Waals surface area contributed by atoms with Gasteiger partial charge < -0.3 is 10.6 Å². The van der Waals surface area contributed by atoms with E-state index in [-0.39, 0.29) is 21.6 Å². The molecule has 106 valence electrons. The summed E-state index contributed by atoms with van der Waals surface area (Å²) >= 11 is 10.8. The van der Waals surface area contributed by atoms with E-state index in [4.69, 9.17) is 29.6 Å². The number of halogens is 4. The number of nitrogens with two attached hydrogens (primary N) is 1. The maximum atomic E-state index is 12.6. The fourth-order valence-corrected chi connectivity index (χ4v) is 2.28. The largest absolute Gasteiger partial charge is 0.405 e. The minimum Gasteiger partial charge on any atom is -0.389 e. The lowest BCUT2D eigenvalue weighted by Crippen LogP contribution is -2.40. The van der Waals surface area contributed by atoms with E-state index in [1.165, 1.54) is 11.0 Å². The van der Waals surface area contributed by atoms with E-state index in [9.17, 15) is 13.2 Å². The van der Waals surface area contributed by atoms with Gasteiger partial charge in [0.1, 0.15) is 11.5 Å². The number of hydrogen-bond acceptors (Lipinski definition) is 2. The molecule has 2 nitrogen and oxygen atoms in total. The predicted octanol–water partition coefficient (Wildman–Crippen LogP) is 3.75. The van der Waals surface area contributed by atoms with Crippen LogP contribution in [-0.4, -0.2) is 23.8 Å². The van der Waals surface area contributed by atoms with Crippen LogP contribution in [0, 0.1) is 0 Å². The van der Waals surface area contributed by atoms with Gasteiger partial charge in [-0.25, -0.2) is 0 Å². The molecule has 0 aromatic heterocycles. The number of rotatable bonds is 4. The van der Waals surface area contributed by atoms with Gasteiger partial charge in [-0.2, -0.15) is 13.2 Å². The van der Waals surface area contributed by atoms with Gasteiger partial charge in [-0.1, -0.05) is 29.9 Å². The Morgan fingerprint density at radius 3 is 2.42 bits per heavy atom. The summed E-state index contributed by atoms with van der Waals surface area (Å²) in [6, 6.07) is 4.29. The van der Waals surface area contributed by atoms with Crippen molar-refractivity contribution in [2.24, 2.45) is 5.73 Å². The first-order chi connectivity index (χ1) is 8.63. The molecule has 1 aromatic carbocycles. The molecule has 0 radical (unpaired) electrons. The third-order valence-corrected chi connectivity index (χ3v) is 3.04. The molecule has 19 heavy (non-hydrogen) atoms. The molecule has 0 aliphatic carbocycles. The summed E-state index contributed by atoms with van der Waals surface area (Å²) in [5, 5.41) is 0.248. The van der Waals surface area contributed by atoms with Crippen LogP contribution in [0.2, 0.25) is 5.02 Å². The zero-order valence-electron chi connectivity index (χ0n) is 10.5. The van der Waals surface area contributed by atoms with Crippen molar-refractivity contribution in [1.82, 2.24) is 0 Å². The van der Waals surface area contributed by atoms with Crippen LogP contribution in [0.25, 0.3) is 0 Å². The van der Waals surface area contributed by atoms with Gasteiger partial charge in [0.05, 0.1) is 10.6 Å². The molecule has 0 saturated carbocycles. The number of hydrogen-bond donors (Lipinski definition) is 1. The van der Waals surface area contributed by atoms with Crippen LogP contribution in [0.1, 0.15) is 19.4 Å². The van der Waals surface area contributed by atoms with Crippen molar-refractivity contribution >= 4 is 34.5 Å². The van der Waals surface area contributed by atoms with Crippen molar-refractivity contribution in [2.45, 2.75) is 26.1 Å². The molecule has 2 N–H and O–H groups in total. The van der Waals surface area contributed by atoms with Gasteiger partial charge in [0.15, 0.2) is 0 Å². The van der Waals surface area contributed by atoms with E-state index in [2.05, 4.69) is 0 Å². The third kappa shape index (κ3) is 4.24. The fourth-order valence-electron chi connectivity index (χ4n) is 1.74. The Morgan fingerprint density at radius 2 is 2.00 bits per heavy atom. The van der Waals surface area contributed by atoms with Crippen LogP contribution in [0.3, 0.4) is 0 Å². The van der Waals surface area contributed by atoms with Gasteiger partial charge in [-0.15, -0.1) is 0 Å². The topological polar surface area (TPSA) is 29.3 Å². The van der Waals surface area contributed by atoms with Crippen LogP contribution in [0.5, 0.6) is 0 Å². The molecule has 0 aliphatic rings. The minimum absolute atomic E-state index is 0.0200. The molecule has 0 bridgehead atoms. The highest BCUT2D eigenvalue weighted by Crippen LogP contribution is 2.31. The van der Waals surface area contributed by atoms with Crippen molar-refractivity contribution in [1.29, 1.82) is 0 Å². The molecule has 7 heteroatoms. The van der Waals surface area contributed by atoms with Crippen LogP contribution >= 0.6 is 23.8 Å². The fraction of sp³-hybridized carbons (Fsp3) is 0.417. The highest BCUT2D eigenvalue weighted by molar-refractivity contribution is 7.80. The summed E-state index contributed by atoms with van der Waals surface area (Å²) < 4.78 is 37.9. The van der Waals surface area contributed by atoms with Gasteiger partial charge in [0.2, 0.25) is 0 Å². The second-order valence-corrected chi connectivity index (χ2v) is 5.18. The molecule has 1 rings (SSSR count). The smallest absolute Gasteiger partial charge is 0.389 e. The highest BCUT2D eigenvalue weighted by atomic mass is 35.5. The Morgan fingerprint density at radius 1 is 1.42 bits per heavy atom. The quantitative estimate of drug-likeness (QED) is 0.859. The standard InChI is InChI=1S/C12H14ClF3N2S/c1-7(2)18(6-12(14,15)16)9-5-3-4-8(13)10(9)11(17)19/h3-5,7H,6H2,1-2H3,(H2,17,19). The van der Waals surface area contributed by atoms with Crippen molar-refractivity contribution in [3.05, 3.63) is 28.8 Å². The lowest BCUT2D eigenvalue weighted by Gasteiger charge is -2.31. The first kappa shape index (κ1) is 16.0. The molecule has 0 saturated heterocycles. The zero-order chi connectivity index (χ0) is 14.8. The Hall–Kier alpha value is -1.01. The van der Waals surface area contributed by atoms with Crippen LogP contribution in [0.15, 0.2) is 18.2 Å². The molecule has 0 fully saturated rings. The Labute approximate surface area is 120 Å². The number of alkyl halides is 3. The van der Waals surface area contributed by atoms with Crippen molar-refractivity contribution in [3.63, 3.8) is 0 Å². The molecule has 0 amide bonds. The van der Waals surface area contributed by atoms with Crippen LogP contribution < -0.4 is 10.6 Å². The van der Waals surface area contributed by atoms with Crippen molar-refractivity contribution < 1.29 is 13.2 Å². The lowest BCUT2D eigenvalue weighted by atomic mass is 10.1. The molecule has 0 atom stereocenters. The second-order valence-electron chi connectivity index (χ2n) is 4.34. The van der Waals surface area contributed by atoms with Gasteiger partial charge in [-0.05, 0) is 26.0 Å². The van der Waals surface area contributed by atoms with Gasteiger partial charge in [0.25, 0.3) is 0 Å². The maximum Gasteiger partial charge on any atom is 0.405 e. The zero-order valence-corrected chi connectivity index (χ0v) is 12.0. The van der Waals surface area contributed by atoms with E-state index in [0.717, 1.165) is 0 Å². The Kier molecular flexibility index (Phi) is 5.04. The van der Waals surface area contributed by atoms with E-state index >= 15 is 0 Å². The number of nitrogens with zero attached hydrogens (tertiary/aromatic N) is 1. The van der Waals surface area contributed by atoms with E-state index < -0.39 is 12.7 Å². The van der Waals surface area contributed by atoms with Crippen molar-refractivity contribution in [3.8, 4) is 0 Å². The van der Waals surface area contributed by atoms with Gasteiger partial charge >= 0.3 is 6.18 Å². The average molecular weight is 311 g/mol. The normalized spacial score (nSPS) is 11.7. The summed E-state index contributed by atoms with van der Waals surface area (Å²) in [5.41, 5.74) is 6.13. The Balaban J connectivity index is 3.31. The van der Waals surface area contributed by atoms with Crippen LogP contribution in [0.4, 0.5) is 18.9 Å². The lowest BCUT2D eigenvalue weighted by molar-refractivity contribution is -0.120. The molecule has 0 spiro atoms. The Bertz CT molecular complexity index is 475. The predicted molar refractivity (Wildman–Crippen MR) is 75.9 cm³/mol. The summed E-state index contributed by atoms with van der Waals surface area (Å²) in [6.07, 6.45) is -4.32. The summed E-state index contributed by atoms with van der Waals surface area (Å²) in [4.78, 5) is 1.16. The minimum atomic E-state index is -4.32. The third-order valence-electron chi connectivity index (χ3n) is 2.52. The first-order valence-corrected chi connectivity index (χ1v) is 6.34. The van der Waals surface area contributed by atoms with Gasteiger partial charge in [-0.3, -0.25) is 0 Å². The SMILES string of the molecule is CC(C)N(CC(F)(F)F)c1cccc(Cl)c1C(N)=S. The molecule has 0 unspecified atom stereocenters. The molecule has 0 heterocycles. The average Bonchev–Trinajstić information content (AvgIpc) is 2.23. The van der Waals surface area contributed by atoms with Crippen molar-refractivity contribution in [2.75, 3.05) is 11.4 Å².